The van der Waals surface area contributed by atoms with Gasteiger partial charge < -0.3 is 4.74 Å². The molecule has 0 radical (unpaired) electrons. The summed E-state index contributed by atoms with van der Waals surface area (Å²) >= 11 is 6.10. The predicted molar refractivity (Wildman–Crippen MR) is 101 cm³/mol. The molecular weight excluding hydrogens is 396 g/mol. The zero-order valence-electron chi connectivity index (χ0n) is 13.7. The van der Waals surface area contributed by atoms with Crippen LogP contribution in [-0.4, -0.2) is 23.4 Å². The van der Waals surface area contributed by atoms with Gasteiger partial charge in [0.25, 0.3) is 17.7 Å². The van der Waals surface area contributed by atoms with Crippen LogP contribution in [0.4, 0.5) is 0 Å². The number of hydrogen-bond acceptors (Lipinski definition) is 5. The molecule has 8 heteroatoms. The molecule has 0 aliphatic heterocycles. The molecule has 0 atom stereocenters. The van der Waals surface area contributed by atoms with Crippen LogP contribution >= 0.6 is 11.6 Å². The van der Waals surface area contributed by atoms with Gasteiger partial charge >= 0.3 is 0 Å². The molecule has 0 aromatic heterocycles. The fourth-order valence-electron chi connectivity index (χ4n) is 2.57. The first-order chi connectivity index (χ1) is 12.3. The maximum atomic E-state index is 12.9. The quantitative estimate of drug-likeness (QED) is 0.593. The van der Waals surface area contributed by atoms with Gasteiger partial charge in [-0.1, -0.05) is 35.9 Å². The summed E-state index contributed by atoms with van der Waals surface area (Å²) in [6.07, 6.45) is 0. The molecule has 0 bridgehead atoms. The second kappa shape index (κ2) is 6.90. The maximum Gasteiger partial charge on any atom is 0.286 e. The van der Waals surface area contributed by atoms with Gasteiger partial charge in [0.15, 0.2) is 0 Å². The average molecular weight is 411 g/mol. The Bertz CT molecular complexity index is 1170. The molecule has 0 amide bonds. The number of ether oxygens (including phenoxy) is 1. The smallest absolute Gasteiger partial charge is 0.286 e. The molecule has 0 spiro atoms. The van der Waals surface area contributed by atoms with Gasteiger partial charge in [0.05, 0.1) is 16.4 Å². The van der Waals surface area contributed by atoms with Crippen molar-refractivity contribution in [1.29, 1.82) is 0 Å². The van der Waals surface area contributed by atoms with E-state index in [-0.39, 0.29) is 15.2 Å². The van der Waals surface area contributed by atoms with Crippen molar-refractivity contribution in [1.82, 2.24) is 0 Å². The van der Waals surface area contributed by atoms with Crippen molar-refractivity contribution in [3.8, 4) is 5.75 Å². The lowest BCUT2D eigenvalue weighted by Crippen LogP contribution is -2.16. The van der Waals surface area contributed by atoms with Crippen LogP contribution in [-0.2, 0) is 17.7 Å². The van der Waals surface area contributed by atoms with E-state index in [2.05, 4.69) is 0 Å². The second-order valence-corrected chi connectivity index (χ2v) is 11.2. The Kier molecular flexibility index (Phi) is 4.96. The fraction of sp³-hybridized carbons (Fsp3) is 0.111. The minimum Gasteiger partial charge on any atom is -0.494 e. The normalized spacial score (nSPS) is 12.2. The van der Waals surface area contributed by atoms with E-state index in [1.54, 1.807) is 25.1 Å². The standard InChI is InChI=1S/C18H15ClO5S2/c1-2-24-13-7-9-14(10-8-13)25(20,21)26(22,23)18-12-11-17(19)15-5-3-4-6-16(15)18/h3-12H,2H2,1H3. The largest absolute Gasteiger partial charge is 0.494 e. The number of halogens is 1. The van der Waals surface area contributed by atoms with Crippen molar-refractivity contribution in [2.45, 2.75) is 16.7 Å². The Morgan fingerprint density at radius 2 is 1.42 bits per heavy atom. The van der Waals surface area contributed by atoms with E-state index in [1.165, 1.54) is 42.5 Å². The van der Waals surface area contributed by atoms with Gasteiger partial charge in [0, 0.05) is 15.8 Å². The van der Waals surface area contributed by atoms with E-state index >= 15 is 0 Å². The fourth-order valence-corrected chi connectivity index (χ4v) is 6.67. The van der Waals surface area contributed by atoms with Gasteiger partial charge in [-0.3, -0.25) is 0 Å². The first-order valence-electron chi connectivity index (χ1n) is 7.69. The second-order valence-electron chi connectivity index (χ2n) is 5.40. The summed E-state index contributed by atoms with van der Waals surface area (Å²) in [6, 6.07) is 14.4. The minimum absolute atomic E-state index is 0.259. The molecule has 0 saturated carbocycles. The predicted octanol–water partition coefficient (Wildman–Crippen LogP) is 4.05. The van der Waals surface area contributed by atoms with E-state index in [9.17, 15) is 16.8 Å². The SMILES string of the molecule is CCOc1ccc(S(=O)(=O)S(=O)(=O)c2ccc(Cl)c3ccccc23)cc1. The highest BCUT2D eigenvalue weighted by Crippen LogP contribution is 2.34. The van der Waals surface area contributed by atoms with Crippen LogP contribution in [0.3, 0.4) is 0 Å². The molecule has 26 heavy (non-hydrogen) atoms. The highest BCUT2D eigenvalue weighted by Gasteiger charge is 2.35. The average Bonchev–Trinajstić information content (AvgIpc) is 2.62. The van der Waals surface area contributed by atoms with Crippen molar-refractivity contribution in [3.63, 3.8) is 0 Å². The molecule has 3 rings (SSSR count). The van der Waals surface area contributed by atoms with Crippen molar-refractivity contribution in [2.24, 2.45) is 0 Å². The lowest BCUT2D eigenvalue weighted by Gasteiger charge is -2.11. The summed E-state index contributed by atoms with van der Waals surface area (Å²) in [7, 11) is -9.34. The Hall–Kier alpha value is -2.09. The minimum atomic E-state index is -4.69. The summed E-state index contributed by atoms with van der Waals surface area (Å²) in [4.78, 5) is -0.619. The van der Waals surface area contributed by atoms with Crippen molar-refractivity contribution in [3.05, 3.63) is 65.7 Å². The Labute approximate surface area is 156 Å². The van der Waals surface area contributed by atoms with E-state index in [0.717, 1.165) is 0 Å². The molecule has 0 heterocycles. The third kappa shape index (κ3) is 3.06. The van der Waals surface area contributed by atoms with Crippen molar-refractivity contribution < 1.29 is 21.6 Å². The van der Waals surface area contributed by atoms with E-state index in [0.29, 0.717) is 22.8 Å². The van der Waals surface area contributed by atoms with Crippen molar-refractivity contribution >= 4 is 40.1 Å². The molecule has 0 unspecified atom stereocenters. The van der Waals surface area contributed by atoms with Crippen LogP contribution in [0.15, 0.2) is 70.5 Å². The summed E-state index contributed by atoms with van der Waals surface area (Å²) in [6.45, 7) is 2.21. The zero-order chi connectivity index (χ0) is 18.9. The van der Waals surface area contributed by atoms with Crippen LogP contribution in [0.1, 0.15) is 6.92 Å². The third-order valence-electron chi connectivity index (χ3n) is 3.81. The molecule has 0 aliphatic rings. The van der Waals surface area contributed by atoms with E-state index < -0.39 is 17.7 Å². The number of fused-ring (bicyclic) bond motifs is 1. The molecule has 0 saturated heterocycles. The summed E-state index contributed by atoms with van der Waals surface area (Å²) in [5.74, 6) is 0.459. The number of benzene rings is 3. The summed E-state index contributed by atoms with van der Waals surface area (Å²) in [5.41, 5.74) is 0. The van der Waals surface area contributed by atoms with Crippen LogP contribution in [0.5, 0.6) is 5.75 Å². The van der Waals surface area contributed by atoms with Gasteiger partial charge in [0.1, 0.15) is 5.75 Å². The van der Waals surface area contributed by atoms with Gasteiger partial charge in [-0.25, -0.2) is 16.8 Å². The molecule has 3 aromatic carbocycles. The monoisotopic (exact) mass is 410 g/mol. The lowest BCUT2D eigenvalue weighted by molar-refractivity contribution is 0.340. The topological polar surface area (TPSA) is 77.5 Å². The number of rotatable bonds is 5. The van der Waals surface area contributed by atoms with Crippen LogP contribution < -0.4 is 4.74 Å². The molecule has 0 aliphatic carbocycles. The third-order valence-corrected chi connectivity index (χ3v) is 9.31. The zero-order valence-corrected chi connectivity index (χ0v) is 16.1. The van der Waals surface area contributed by atoms with E-state index in [1.807, 2.05) is 0 Å². The van der Waals surface area contributed by atoms with Crippen molar-refractivity contribution in [2.75, 3.05) is 6.61 Å². The molecule has 0 fully saturated rings. The van der Waals surface area contributed by atoms with Crippen LogP contribution in [0, 0.1) is 0 Å². The lowest BCUT2D eigenvalue weighted by atomic mass is 10.1. The van der Waals surface area contributed by atoms with Gasteiger partial charge in [-0.05, 0) is 43.3 Å². The Morgan fingerprint density at radius 3 is 2.04 bits per heavy atom. The van der Waals surface area contributed by atoms with Gasteiger partial charge in [-0.2, -0.15) is 0 Å². The summed E-state index contributed by atoms with van der Waals surface area (Å²) < 4.78 is 56.7. The summed E-state index contributed by atoms with van der Waals surface area (Å²) in [5, 5.41) is 1.07. The Balaban J connectivity index is 2.17. The first kappa shape index (κ1) is 18.7. The highest BCUT2D eigenvalue weighted by atomic mass is 35.5. The maximum absolute atomic E-state index is 12.9. The van der Waals surface area contributed by atoms with Crippen LogP contribution in [0.25, 0.3) is 10.8 Å². The Morgan fingerprint density at radius 1 is 0.808 bits per heavy atom. The van der Waals surface area contributed by atoms with Gasteiger partial charge in [-0.15, -0.1) is 0 Å². The number of hydrogen-bond donors (Lipinski definition) is 0. The van der Waals surface area contributed by atoms with E-state index in [4.69, 9.17) is 16.3 Å². The molecule has 0 N–H and O–H groups in total. The van der Waals surface area contributed by atoms with Crippen LogP contribution in [0.2, 0.25) is 5.02 Å². The van der Waals surface area contributed by atoms with Gasteiger partial charge in [0.2, 0.25) is 0 Å². The molecule has 136 valence electrons. The molecular formula is C18H15ClO5S2. The molecule has 5 nitrogen and oxygen atoms in total. The first-order valence-corrected chi connectivity index (χ1v) is 11.6. The highest BCUT2D eigenvalue weighted by molar-refractivity contribution is 8.67. The molecule has 3 aromatic rings.